The highest BCUT2D eigenvalue weighted by Gasteiger charge is 2.23. The van der Waals surface area contributed by atoms with Gasteiger partial charge in [0, 0.05) is 36.1 Å². The van der Waals surface area contributed by atoms with E-state index in [1.54, 1.807) is 6.20 Å². The van der Waals surface area contributed by atoms with Crippen molar-refractivity contribution in [3.63, 3.8) is 0 Å². The summed E-state index contributed by atoms with van der Waals surface area (Å²) in [6, 6.07) is 12.1. The van der Waals surface area contributed by atoms with E-state index >= 15 is 0 Å². The van der Waals surface area contributed by atoms with Crippen LogP contribution < -0.4 is 5.32 Å². The molecule has 28 heavy (non-hydrogen) atoms. The van der Waals surface area contributed by atoms with Crippen LogP contribution in [0.4, 0.5) is 11.4 Å². The molecule has 0 unspecified atom stereocenters. The predicted molar refractivity (Wildman–Crippen MR) is 116 cm³/mol. The summed E-state index contributed by atoms with van der Waals surface area (Å²) in [6.07, 6.45) is 4.99. The number of carbonyl (C=O) groups excluding carboxylic acids is 1. The van der Waals surface area contributed by atoms with Crippen molar-refractivity contribution in [3.05, 3.63) is 59.4 Å². The summed E-state index contributed by atoms with van der Waals surface area (Å²) in [4.78, 5) is 24.1. The number of aryl methyl sites for hydroxylation is 2. The third-order valence-corrected chi connectivity index (χ3v) is 5.06. The van der Waals surface area contributed by atoms with Gasteiger partial charge in [0.05, 0.1) is 11.3 Å². The average Bonchev–Trinajstić information content (AvgIpc) is 2.70. The number of piperidine rings is 1. The number of fused-ring (bicyclic) bond motifs is 1. The second kappa shape index (κ2) is 8.57. The van der Waals surface area contributed by atoms with E-state index in [0.29, 0.717) is 11.2 Å². The number of rotatable bonds is 3. The Hall–Kier alpha value is -2.66. The van der Waals surface area contributed by atoms with Gasteiger partial charge in [-0.15, -0.1) is 12.4 Å². The molecule has 3 heterocycles. The van der Waals surface area contributed by atoms with E-state index in [-0.39, 0.29) is 18.3 Å². The van der Waals surface area contributed by atoms with Crippen molar-refractivity contribution in [3.8, 4) is 0 Å². The molecule has 0 bridgehead atoms. The second-order valence-electron chi connectivity index (χ2n) is 7.21. The lowest BCUT2D eigenvalue weighted by molar-refractivity contribution is 0.0725. The smallest absolute Gasteiger partial charge is 0.257 e. The molecular formula is C22H25ClN4O. The molecule has 1 N–H and O–H groups in total. The van der Waals surface area contributed by atoms with Crippen LogP contribution in [0.1, 0.15) is 40.9 Å². The lowest BCUT2D eigenvalue weighted by Crippen LogP contribution is -2.36. The Kier molecular flexibility index (Phi) is 6.15. The number of amides is 1. The number of hydrogen-bond acceptors (Lipinski definition) is 4. The quantitative estimate of drug-likeness (QED) is 0.673. The molecule has 1 aromatic carbocycles. The minimum Gasteiger partial charge on any atom is -0.354 e. The molecule has 0 radical (unpaired) electrons. The maximum atomic E-state index is 13.2. The van der Waals surface area contributed by atoms with Gasteiger partial charge in [-0.25, -0.2) is 9.97 Å². The number of aromatic nitrogens is 2. The summed E-state index contributed by atoms with van der Waals surface area (Å²) < 4.78 is 0. The molecule has 146 valence electrons. The Morgan fingerprint density at radius 3 is 2.43 bits per heavy atom. The molecule has 0 spiro atoms. The zero-order chi connectivity index (χ0) is 18.8. The number of pyridine rings is 2. The summed E-state index contributed by atoms with van der Waals surface area (Å²) in [5.74, 6) is 0.0410. The topological polar surface area (TPSA) is 58.1 Å². The van der Waals surface area contributed by atoms with Gasteiger partial charge in [0.15, 0.2) is 5.65 Å². The Morgan fingerprint density at radius 1 is 1.00 bits per heavy atom. The third kappa shape index (κ3) is 4.09. The number of nitrogens with one attached hydrogen (secondary N) is 1. The lowest BCUT2D eigenvalue weighted by Gasteiger charge is -2.27. The molecule has 1 aliphatic heterocycles. The van der Waals surface area contributed by atoms with Gasteiger partial charge in [0.25, 0.3) is 5.91 Å². The van der Waals surface area contributed by atoms with Crippen LogP contribution in [0.15, 0.2) is 42.6 Å². The minimum absolute atomic E-state index is 0. The van der Waals surface area contributed by atoms with E-state index in [9.17, 15) is 4.79 Å². The van der Waals surface area contributed by atoms with Crippen LogP contribution in [0.5, 0.6) is 0 Å². The van der Waals surface area contributed by atoms with Crippen molar-refractivity contribution in [1.29, 1.82) is 0 Å². The first-order valence-corrected chi connectivity index (χ1v) is 9.51. The molecule has 1 aliphatic rings. The maximum absolute atomic E-state index is 13.2. The van der Waals surface area contributed by atoms with Crippen LogP contribution in [-0.4, -0.2) is 33.9 Å². The zero-order valence-corrected chi connectivity index (χ0v) is 17.1. The van der Waals surface area contributed by atoms with E-state index in [1.807, 2.05) is 36.1 Å². The number of likely N-dealkylation sites (tertiary alicyclic amines) is 1. The highest BCUT2D eigenvalue weighted by atomic mass is 35.5. The molecule has 0 saturated carbocycles. The number of benzene rings is 1. The summed E-state index contributed by atoms with van der Waals surface area (Å²) in [5, 5.41) is 4.32. The SMILES string of the molecule is Cc1ccc(Nc2c(C(=O)N3CCCCC3)cnc3nc(C)ccc23)cc1.Cl. The standard InChI is InChI=1S/C22H24N4O.ClH/c1-15-6-9-17(10-7-15)25-20-18-11-8-16(2)24-21(18)23-14-19(20)22(27)26-12-4-3-5-13-26;/h6-11,14H,3-5,12-13H2,1-2H3,(H,23,24,25);1H. The van der Waals surface area contributed by atoms with Crippen molar-refractivity contribution >= 4 is 40.7 Å². The summed E-state index contributed by atoms with van der Waals surface area (Å²) in [5.41, 5.74) is 5.09. The molecule has 3 aromatic rings. The normalized spacial score (nSPS) is 13.9. The van der Waals surface area contributed by atoms with Crippen LogP contribution >= 0.6 is 12.4 Å². The van der Waals surface area contributed by atoms with Gasteiger partial charge in [-0.2, -0.15) is 0 Å². The van der Waals surface area contributed by atoms with E-state index in [1.165, 1.54) is 12.0 Å². The van der Waals surface area contributed by atoms with E-state index in [0.717, 1.165) is 48.4 Å². The summed E-state index contributed by atoms with van der Waals surface area (Å²) >= 11 is 0. The van der Waals surface area contributed by atoms with E-state index < -0.39 is 0 Å². The Balaban J connectivity index is 0.00000225. The molecule has 2 aromatic heterocycles. The van der Waals surface area contributed by atoms with Crippen molar-refractivity contribution in [2.75, 3.05) is 18.4 Å². The number of anilines is 2. The van der Waals surface area contributed by atoms with Gasteiger partial charge in [0.1, 0.15) is 0 Å². The number of carbonyl (C=O) groups is 1. The molecule has 0 aliphatic carbocycles. The van der Waals surface area contributed by atoms with Gasteiger partial charge >= 0.3 is 0 Å². The second-order valence-corrected chi connectivity index (χ2v) is 7.21. The van der Waals surface area contributed by atoms with E-state index in [2.05, 4.69) is 34.3 Å². The molecule has 0 atom stereocenters. The van der Waals surface area contributed by atoms with Crippen LogP contribution in [0.25, 0.3) is 11.0 Å². The first kappa shape index (κ1) is 20.1. The molecule has 6 heteroatoms. The fraction of sp³-hybridized carbons (Fsp3) is 0.318. The van der Waals surface area contributed by atoms with Gasteiger partial charge < -0.3 is 10.2 Å². The average molecular weight is 397 g/mol. The largest absolute Gasteiger partial charge is 0.354 e. The number of hydrogen-bond donors (Lipinski definition) is 1. The maximum Gasteiger partial charge on any atom is 0.257 e. The minimum atomic E-state index is 0. The summed E-state index contributed by atoms with van der Waals surface area (Å²) in [6.45, 7) is 5.63. The number of halogens is 1. The van der Waals surface area contributed by atoms with Crippen LogP contribution in [0, 0.1) is 13.8 Å². The van der Waals surface area contributed by atoms with Crippen molar-refractivity contribution in [2.45, 2.75) is 33.1 Å². The van der Waals surface area contributed by atoms with Gasteiger partial charge in [-0.1, -0.05) is 17.7 Å². The van der Waals surface area contributed by atoms with Gasteiger partial charge in [0.2, 0.25) is 0 Å². The van der Waals surface area contributed by atoms with Gasteiger partial charge in [-0.3, -0.25) is 4.79 Å². The van der Waals surface area contributed by atoms with Crippen LogP contribution in [0.2, 0.25) is 0 Å². The first-order chi connectivity index (χ1) is 13.1. The van der Waals surface area contributed by atoms with Gasteiger partial charge in [-0.05, 0) is 57.4 Å². The van der Waals surface area contributed by atoms with Crippen molar-refractivity contribution in [2.24, 2.45) is 0 Å². The van der Waals surface area contributed by atoms with Crippen molar-refractivity contribution in [1.82, 2.24) is 14.9 Å². The monoisotopic (exact) mass is 396 g/mol. The molecule has 1 amide bonds. The Bertz CT molecular complexity index is 982. The molecular weight excluding hydrogens is 372 g/mol. The highest BCUT2D eigenvalue weighted by Crippen LogP contribution is 2.30. The van der Waals surface area contributed by atoms with Crippen LogP contribution in [-0.2, 0) is 0 Å². The molecule has 4 rings (SSSR count). The third-order valence-electron chi connectivity index (χ3n) is 5.06. The van der Waals surface area contributed by atoms with Crippen LogP contribution in [0.3, 0.4) is 0 Å². The Morgan fingerprint density at radius 2 is 1.71 bits per heavy atom. The highest BCUT2D eigenvalue weighted by molar-refractivity contribution is 6.07. The van der Waals surface area contributed by atoms with Crippen molar-refractivity contribution < 1.29 is 4.79 Å². The summed E-state index contributed by atoms with van der Waals surface area (Å²) in [7, 11) is 0. The zero-order valence-electron chi connectivity index (χ0n) is 16.2. The lowest BCUT2D eigenvalue weighted by atomic mass is 10.1. The molecule has 5 nitrogen and oxygen atoms in total. The predicted octanol–water partition coefficient (Wildman–Crippen LogP) is 5.04. The fourth-order valence-corrected chi connectivity index (χ4v) is 3.52. The fourth-order valence-electron chi connectivity index (χ4n) is 3.52. The Labute approximate surface area is 171 Å². The molecule has 1 fully saturated rings. The first-order valence-electron chi connectivity index (χ1n) is 9.51. The molecule has 1 saturated heterocycles. The van der Waals surface area contributed by atoms with E-state index in [4.69, 9.17) is 0 Å². The number of nitrogens with zero attached hydrogens (tertiary/aromatic N) is 3.